The number of oxime groups is 1. The zero-order valence-electron chi connectivity index (χ0n) is 19.3. The second kappa shape index (κ2) is 9.96. The highest BCUT2D eigenvalue weighted by Crippen LogP contribution is 2.29. The summed E-state index contributed by atoms with van der Waals surface area (Å²) in [6, 6.07) is 26.8. The van der Waals surface area contributed by atoms with E-state index in [4.69, 9.17) is 19.3 Å². The first-order valence-corrected chi connectivity index (χ1v) is 10.9. The van der Waals surface area contributed by atoms with Crippen LogP contribution in [-0.4, -0.2) is 27.9 Å². The van der Waals surface area contributed by atoms with Gasteiger partial charge >= 0.3 is 0 Å². The smallest absolute Gasteiger partial charge is 0.208 e. The lowest BCUT2D eigenvalue weighted by atomic mass is 10.3. The van der Waals surface area contributed by atoms with E-state index >= 15 is 0 Å². The molecule has 0 aliphatic carbocycles. The fourth-order valence-electron chi connectivity index (χ4n) is 3.55. The van der Waals surface area contributed by atoms with Crippen LogP contribution < -0.4 is 14.8 Å². The molecule has 8 nitrogen and oxygen atoms in total. The Balaban J connectivity index is 1.35. The van der Waals surface area contributed by atoms with Gasteiger partial charge in [-0.15, -0.1) is 0 Å². The summed E-state index contributed by atoms with van der Waals surface area (Å²) in [5.41, 5.74) is 3.28. The van der Waals surface area contributed by atoms with Crippen molar-refractivity contribution in [3.05, 3.63) is 96.8 Å². The van der Waals surface area contributed by atoms with Gasteiger partial charge in [-0.3, -0.25) is 4.98 Å². The molecule has 0 unspecified atom stereocenters. The molecule has 5 aromatic rings. The number of pyridine rings is 1. The largest absolute Gasteiger partial charge is 0.457 e. The van der Waals surface area contributed by atoms with Crippen LogP contribution in [0.3, 0.4) is 0 Å². The Morgan fingerprint density at radius 2 is 1.60 bits per heavy atom. The standard InChI is InChI=1S/C27H23N5O3/c1-32-26-12-11-23(35-24-13-14-28-20(16-24)18-29-33-2)17-25(26)31-27(32)30-19-7-6-10-22(15-19)34-21-8-4-3-5-9-21/h3-18H,1-2H3,(H,30,31). The van der Waals surface area contributed by atoms with E-state index in [1.54, 1.807) is 18.3 Å². The van der Waals surface area contributed by atoms with Crippen molar-refractivity contribution in [3.8, 4) is 23.0 Å². The Morgan fingerprint density at radius 3 is 2.46 bits per heavy atom. The molecular formula is C27H23N5O3. The number of nitrogens with zero attached hydrogens (tertiary/aromatic N) is 4. The van der Waals surface area contributed by atoms with Crippen molar-refractivity contribution in [3.63, 3.8) is 0 Å². The third kappa shape index (κ3) is 5.22. The Bertz CT molecular complexity index is 1480. The summed E-state index contributed by atoms with van der Waals surface area (Å²) in [6.45, 7) is 0. The van der Waals surface area contributed by atoms with Gasteiger partial charge in [0.05, 0.1) is 22.9 Å². The molecule has 0 aliphatic rings. The van der Waals surface area contributed by atoms with E-state index in [1.165, 1.54) is 13.3 Å². The van der Waals surface area contributed by atoms with Crippen LogP contribution >= 0.6 is 0 Å². The van der Waals surface area contributed by atoms with Crippen LogP contribution in [0.25, 0.3) is 11.0 Å². The summed E-state index contributed by atoms with van der Waals surface area (Å²) in [4.78, 5) is 13.7. The molecule has 0 spiro atoms. The molecule has 0 aliphatic heterocycles. The van der Waals surface area contributed by atoms with Crippen LogP contribution in [-0.2, 0) is 11.9 Å². The molecule has 0 bridgehead atoms. The highest BCUT2D eigenvalue weighted by molar-refractivity contribution is 5.81. The maximum atomic E-state index is 6.02. The number of aromatic nitrogens is 3. The van der Waals surface area contributed by atoms with Crippen molar-refractivity contribution in [1.29, 1.82) is 0 Å². The summed E-state index contributed by atoms with van der Waals surface area (Å²) in [6.07, 6.45) is 3.18. The summed E-state index contributed by atoms with van der Waals surface area (Å²) in [5, 5.41) is 7.11. The zero-order chi connectivity index (χ0) is 24.0. The van der Waals surface area contributed by atoms with Gasteiger partial charge in [0.15, 0.2) is 0 Å². The molecule has 3 aromatic carbocycles. The quantitative estimate of drug-likeness (QED) is 0.215. The maximum absolute atomic E-state index is 6.02. The molecule has 0 radical (unpaired) electrons. The summed E-state index contributed by atoms with van der Waals surface area (Å²) in [7, 11) is 3.45. The normalized spacial score (nSPS) is 11.0. The molecule has 5 rings (SSSR count). The van der Waals surface area contributed by atoms with Crippen molar-refractivity contribution in [2.75, 3.05) is 12.4 Å². The number of hydrogen-bond acceptors (Lipinski definition) is 7. The molecule has 174 valence electrons. The van der Waals surface area contributed by atoms with Gasteiger partial charge in [-0.25, -0.2) is 4.98 Å². The van der Waals surface area contributed by atoms with Gasteiger partial charge in [-0.1, -0.05) is 29.4 Å². The monoisotopic (exact) mass is 465 g/mol. The minimum absolute atomic E-state index is 0.633. The fraction of sp³-hybridized carbons (Fsp3) is 0.0741. The van der Waals surface area contributed by atoms with E-state index in [-0.39, 0.29) is 0 Å². The minimum atomic E-state index is 0.633. The van der Waals surface area contributed by atoms with Crippen molar-refractivity contribution < 1.29 is 14.3 Å². The van der Waals surface area contributed by atoms with Gasteiger partial charge in [-0.05, 0) is 42.5 Å². The highest BCUT2D eigenvalue weighted by Gasteiger charge is 2.10. The molecule has 0 saturated carbocycles. The molecule has 0 amide bonds. The number of rotatable bonds is 8. The van der Waals surface area contributed by atoms with Gasteiger partial charge in [0.25, 0.3) is 0 Å². The van der Waals surface area contributed by atoms with Crippen LogP contribution in [0.1, 0.15) is 5.69 Å². The second-order valence-corrected chi connectivity index (χ2v) is 7.65. The van der Waals surface area contributed by atoms with E-state index in [0.29, 0.717) is 23.1 Å². The second-order valence-electron chi connectivity index (χ2n) is 7.65. The lowest BCUT2D eigenvalue weighted by Gasteiger charge is -2.09. The lowest BCUT2D eigenvalue weighted by Crippen LogP contribution is -1.99. The Hall–Kier alpha value is -4.85. The third-order valence-electron chi connectivity index (χ3n) is 5.20. The van der Waals surface area contributed by atoms with Gasteiger partial charge in [0.1, 0.15) is 30.1 Å². The SMILES string of the molecule is CON=Cc1cc(Oc2ccc3c(c2)nc(Nc2cccc(Oc4ccccc4)c2)n3C)ccn1. The number of aryl methyl sites for hydroxylation is 1. The minimum Gasteiger partial charge on any atom is -0.457 e. The molecule has 0 fully saturated rings. The summed E-state index contributed by atoms with van der Waals surface area (Å²) < 4.78 is 14.0. The van der Waals surface area contributed by atoms with Gasteiger partial charge < -0.3 is 24.2 Å². The molecular weight excluding hydrogens is 442 g/mol. The van der Waals surface area contributed by atoms with E-state index in [2.05, 4.69) is 15.5 Å². The van der Waals surface area contributed by atoms with Crippen molar-refractivity contribution in [2.24, 2.45) is 12.2 Å². The number of imidazole rings is 1. The first-order chi connectivity index (χ1) is 17.2. The molecule has 2 heterocycles. The molecule has 1 N–H and O–H groups in total. The first-order valence-electron chi connectivity index (χ1n) is 10.9. The van der Waals surface area contributed by atoms with Crippen molar-refractivity contribution in [2.45, 2.75) is 0 Å². The third-order valence-corrected chi connectivity index (χ3v) is 5.20. The van der Waals surface area contributed by atoms with E-state index in [1.807, 2.05) is 84.4 Å². The predicted molar refractivity (Wildman–Crippen MR) is 136 cm³/mol. The van der Waals surface area contributed by atoms with Crippen molar-refractivity contribution in [1.82, 2.24) is 14.5 Å². The summed E-state index contributed by atoms with van der Waals surface area (Å²) >= 11 is 0. The first kappa shape index (κ1) is 22.0. The topological polar surface area (TPSA) is 82.8 Å². The Labute approximate surface area is 202 Å². The number of para-hydroxylation sites is 1. The molecule has 2 aromatic heterocycles. The maximum Gasteiger partial charge on any atom is 0.208 e. The van der Waals surface area contributed by atoms with Crippen LogP contribution in [0.15, 0.2) is 96.3 Å². The van der Waals surface area contributed by atoms with Gasteiger partial charge in [-0.2, -0.15) is 0 Å². The fourth-order valence-corrected chi connectivity index (χ4v) is 3.55. The number of nitrogens with one attached hydrogen (secondary N) is 1. The Morgan fingerprint density at radius 1 is 0.829 bits per heavy atom. The zero-order valence-corrected chi connectivity index (χ0v) is 19.3. The Kier molecular flexibility index (Phi) is 6.25. The van der Waals surface area contributed by atoms with Gasteiger partial charge in [0.2, 0.25) is 5.95 Å². The number of benzene rings is 3. The average molecular weight is 466 g/mol. The van der Waals surface area contributed by atoms with Crippen LogP contribution in [0.2, 0.25) is 0 Å². The van der Waals surface area contributed by atoms with Crippen LogP contribution in [0, 0.1) is 0 Å². The molecule has 0 saturated heterocycles. The highest BCUT2D eigenvalue weighted by atomic mass is 16.6. The number of hydrogen-bond donors (Lipinski definition) is 1. The number of anilines is 2. The summed E-state index contributed by atoms with van der Waals surface area (Å²) in [5.74, 6) is 3.54. The molecule has 35 heavy (non-hydrogen) atoms. The van der Waals surface area contributed by atoms with E-state index in [9.17, 15) is 0 Å². The average Bonchev–Trinajstić information content (AvgIpc) is 3.18. The van der Waals surface area contributed by atoms with Crippen LogP contribution in [0.4, 0.5) is 11.6 Å². The van der Waals surface area contributed by atoms with E-state index < -0.39 is 0 Å². The van der Waals surface area contributed by atoms with Crippen molar-refractivity contribution >= 4 is 28.9 Å². The number of ether oxygens (including phenoxy) is 2. The van der Waals surface area contributed by atoms with Gasteiger partial charge in [0, 0.05) is 37.1 Å². The molecule has 8 heteroatoms. The lowest BCUT2D eigenvalue weighted by molar-refractivity contribution is 0.215. The number of fused-ring (bicyclic) bond motifs is 1. The predicted octanol–water partition coefficient (Wildman–Crippen LogP) is 6.28. The van der Waals surface area contributed by atoms with Crippen LogP contribution in [0.5, 0.6) is 23.0 Å². The molecule has 0 atom stereocenters. The van der Waals surface area contributed by atoms with E-state index in [0.717, 1.165) is 28.2 Å².